The highest BCUT2D eigenvalue weighted by molar-refractivity contribution is 5.99. The number of ether oxygens (including phenoxy) is 1. The topological polar surface area (TPSA) is 86.0 Å². The lowest BCUT2D eigenvalue weighted by molar-refractivity contribution is 0.317. The SMILES string of the molecule is CCCOc1ccc(/C(C)=N\N=C(N)N)cc1. The summed E-state index contributed by atoms with van der Waals surface area (Å²) in [4.78, 5) is 0. The summed E-state index contributed by atoms with van der Waals surface area (Å²) in [7, 11) is 0. The molecule has 0 aromatic heterocycles. The number of hydrogen-bond donors (Lipinski definition) is 2. The minimum atomic E-state index is -0.0488. The van der Waals surface area contributed by atoms with Gasteiger partial charge in [-0.1, -0.05) is 6.92 Å². The molecule has 0 spiro atoms. The molecule has 0 atom stereocenters. The van der Waals surface area contributed by atoms with Crippen LogP contribution >= 0.6 is 0 Å². The van der Waals surface area contributed by atoms with E-state index >= 15 is 0 Å². The van der Waals surface area contributed by atoms with Crippen molar-refractivity contribution in [3.63, 3.8) is 0 Å². The Balaban J connectivity index is 2.73. The van der Waals surface area contributed by atoms with Gasteiger partial charge in [-0.15, -0.1) is 5.10 Å². The number of hydrogen-bond acceptors (Lipinski definition) is 3. The third-order valence-corrected chi connectivity index (χ3v) is 2.06. The number of benzene rings is 1. The van der Waals surface area contributed by atoms with Crippen LogP contribution in [0.5, 0.6) is 5.75 Å². The average Bonchev–Trinajstić information content (AvgIpc) is 2.34. The normalized spacial score (nSPS) is 11.1. The van der Waals surface area contributed by atoms with Gasteiger partial charge < -0.3 is 16.2 Å². The summed E-state index contributed by atoms with van der Waals surface area (Å²) in [5, 5.41) is 7.50. The fourth-order valence-electron chi connectivity index (χ4n) is 1.20. The lowest BCUT2D eigenvalue weighted by Gasteiger charge is -2.05. The molecule has 0 aliphatic rings. The van der Waals surface area contributed by atoms with Crippen LogP contribution in [0.3, 0.4) is 0 Å². The quantitative estimate of drug-likeness (QED) is 0.459. The van der Waals surface area contributed by atoms with Crippen molar-refractivity contribution in [3.8, 4) is 5.75 Å². The minimum Gasteiger partial charge on any atom is -0.494 e. The van der Waals surface area contributed by atoms with Crippen molar-refractivity contribution < 1.29 is 4.74 Å². The molecule has 0 saturated heterocycles. The second-order valence-corrected chi connectivity index (χ2v) is 3.58. The molecular weight excluding hydrogens is 216 g/mol. The lowest BCUT2D eigenvalue weighted by atomic mass is 10.1. The fraction of sp³-hybridized carbons (Fsp3) is 0.333. The van der Waals surface area contributed by atoms with Crippen molar-refractivity contribution in [1.29, 1.82) is 0 Å². The van der Waals surface area contributed by atoms with E-state index in [4.69, 9.17) is 16.2 Å². The van der Waals surface area contributed by atoms with E-state index in [2.05, 4.69) is 17.1 Å². The standard InChI is InChI=1S/C12H18N4O/c1-3-8-17-11-6-4-10(5-7-11)9(2)15-16-12(13)14/h4-7H,3,8H2,1-2H3,(H4,13,14,16)/b15-9-. The maximum absolute atomic E-state index is 5.48. The Kier molecular flexibility index (Phi) is 5.00. The van der Waals surface area contributed by atoms with Gasteiger partial charge in [0, 0.05) is 0 Å². The number of nitrogens with zero attached hydrogens (tertiary/aromatic N) is 2. The lowest BCUT2D eigenvalue weighted by Crippen LogP contribution is -2.22. The second-order valence-electron chi connectivity index (χ2n) is 3.58. The van der Waals surface area contributed by atoms with Crippen LogP contribution in [0.4, 0.5) is 0 Å². The molecule has 0 aliphatic heterocycles. The number of rotatable bonds is 5. The van der Waals surface area contributed by atoms with Gasteiger partial charge in [-0.05, 0) is 43.2 Å². The zero-order chi connectivity index (χ0) is 12.7. The molecule has 4 N–H and O–H groups in total. The third-order valence-electron chi connectivity index (χ3n) is 2.06. The molecule has 0 fully saturated rings. The van der Waals surface area contributed by atoms with E-state index in [1.807, 2.05) is 31.2 Å². The van der Waals surface area contributed by atoms with Gasteiger partial charge in [-0.2, -0.15) is 5.10 Å². The molecule has 1 aromatic rings. The van der Waals surface area contributed by atoms with Crippen LogP contribution in [-0.2, 0) is 0 Å². The van der Waals surface area contributed by atoms with Crippen LogP contribution in [0, 0.1) is 0 Å². The van der Waals surface area contributed by atoms with Crippen molar-refractivity contribution in [2.45, 2.75) is 20.3 Å². The van der Waals surface area contributed by atoms with Crippen LogP contribution < -0.4 is 16.2 Å². The van der Waals surface area contributed by atoms with E-state index in [1.54, 1.807) is 0 Å². The van der Waals surface area contributed by atoms with E-state index in [9.17, 15) is 0 Å². The third kappa shape index (κ3) is 4.55. The fourth-order valence-corrected chi connectivity index (χ4v) is 1.20. The van der Waals surface area contributed by atoms with E-state index in [-0.39, 0.29) is 5.96 Å². The van der Waals surface area contributed by atoms with Crippen LogP contribution in [-0.4, -0.2) is 18.3 Å². The Bertz CT molecular complexity index is 405. The molecular formula is C12H18N4O. The molecule has 17 heavy (non-hydrogen) atoms. The van der Waals surface area contributed by atoms with Crippen LogP contribution in [0.25, 0.3) is 0 Å². The smallest absolute Gasteiger partial charge is 0.211 e. The van der Waals surface area contributed by atoms with Crippen molar-refractivity contribution in [1.82, 2.24) is 0 Å². The summed E-state index contributed by atoms with van der Waals surface area (Å²) >= 11 is 0. The Labute approximate surface area is 101 Å². The molecule has 0 bridgehead atoms. The Morgan fingerprint density at radius 1 is 1.18 bits per heavy atom. The molecule has 1 aromatic carbocycles. The van der Waals surface area contributed by atoms with E-state index in [0.717, 1.165) is 30.1 Å². The first-order valence-corrected chi connectivity index (χ1v) is 5.50. The maximum atomic E-state index is 5.48. The highest BCUT2D eigenvalue weighted by Gasteiger charge is 1.98. The van der Waals surface area contributed by atoms with Crippen molar-refractivity contribution in [3.05, 3.63) is 29.8 Å². The molecule has 0 amide bonds. The summed E-state index contributed by atoms with van der Waals surface area (Å²) in [6, 6.07) is 7.65. The molecule has 5 heteroatoms. The van der Waals surface area contributed by atoms with Gasteiger partial charge in [0.2, 0.25) is 5.96 Å². The predicted molar refractivity (Wildman–Crippen MR) is 70.2 cm³/mol. The minimum absolute atomic E-state index is 0.0488. The van der Waals surface area contributed by atoms with Gasteiger partial charge in [0.1, 0.15) is 5.75 Å². The summed E-state index contributed by atoms with van der Waals surface area (Å²) in [6.07, 6.45) is 0.993. The van der Waals surface area contributed by atoms with E-state index in [1.165, 1.54) is 0 Å². The number of guanidine groups is 1. The molecule has 0 saturated carbocycles. The van der Waals surface area contributed by atoms with E-state index < -0.39 is 0 Å². The highest BCUT2D eigenvalue weighted by Crippen LogP contribution is 2.13. The average molecular weight is 234 g/mol. The van der Waals surface area contributed by atoms with Crippen LogP contribution in [0.15, 0.2) is 34.5 Å². The van der Waals surface area contributed by atoms with Crippen LogP contribution in [0.2, 0.25) is 0 Å². The van der Waals surface area contributed by atoms with Crippen LogP contribution in [0.1, 0.15) is 25.8 Å². The van der Waals surface area contributed by atoms with Gasteiger partial charge in [0.15, 0.2) is 0 Å². The van der Waals surface area contributed by atoms with Gasteiger partial charge in [0.05, 0.1) is 12.3 Å². The van der Waals surface area contributed by atoms with Gasteiger partial charge in [0.25, 0.3) is 0 Å². The first-order valence-electron chi connectivity index (χ1n) is 5.50. The van der Waals surface area contributed by atoms with Gasteiger partial charge in [-0.3, -0.25) is 0 Å². The summed E-state index contributed by atoms with van der Waals surface area (Å²) in [5.41, 5.74) is 12.1. The Morgan fingerprint density at radius 2 is 1.82 bits per heavy atom. The zero-order valence-electron chi connectivity index (χ0n) is 10.2. The Hall–Kier alpha value is -2.04. The molecule has 0 heterocycles. The Morgan fingerprint density at radius 3 is 2.35 bits per heavy atom. The van der Waals surface area contributed by atoms with Crippen molar-refractivity contribution in [2.75, 3.05) is 6.61 Å². The molecule has 0 radical (unpaired) electrons. The van der Waals surface area contributed by atoms with Crippen molar-refractivity contribution >= 4 is 11.7 Å². The maximum Gasteiger partial charge on any atom is 0.211 e. The molecule has 1 rings (SSSR count). The first-order chi connectivity index (χ1) is 8.13. The zero-order valence-corrected chi connectivity index (χ0v) is 10.2. The summed E-state index contributed by atoms with van der Waals surface area (Å²) in [6.45, 7) is 4.63. The van der Waals surface area contributed by atoms with Crippen molar-refractivity contribution in [2.24, 2.45) is 21.7 Å². The van der Waals surface area contributed by atoms with E-state index in [0.29, 0.717) is 0 Å². The largest absolute Gasteiger partial charge is 0.494 e. The molecule has 0 unspecified atom stereocenters. The summed E-state index contributed by atoms with van der Waals surface area (Å²) in [5.74, 6) is 0.803. The molecule has 0 aliphatic carbocycles. The van der Waals surface area contributed by atoms with Gasteiger partial charge in [-0.25, -0.2) is 0 Å². The number of nitrogens with two attached hydrogens (primary N) is 2. The second kappa shape index (κ2) is 6.52. The molecule has 92 valence electrons. The monoisotopic (exact) mass is 234 g/mol. The summed E-state index contributed by atoms with van der Waals surface area (Å²) < 4.78 is 5.48. The van der Waals surface area contributed by atoms with Gasteiger partial charge >= 0.3 is 0 Å². The predicted octanol–water partition coefficient (Wildman–Crippen LogP) is 1.47. The highest BCUT2D eigenvalue weighted by atomic mass is 16.5. The molecule has 5 nitrogen and oxygen atoms in total. The first kappa shape index (κ1) is 13.0.